The smallest absolute Gasteiger partial charge is 0.174 e. The molecule has 7 heteroatoms. The molecule has 1 aromatic carbocycles. The molecule has 0 aliphatic heterocycles. The number of ether oxygens (including phenoxy) is 3. The van der Waals surface area contributed by atoms with Crippen molar-refractivity contribution in [1.82, 2.24) is 10.3 Å². The number of nitrogens with zero attached hydrogens (tertiary/aromatic N) is 1. The van der Waals surface area contributed by atoms with Crippen LogP contribution in [0, 0.1) is 0 Å². The van der Waals surface area contributed by atoms with Crippen molar-refractivity contribution in [3.63, 3.8) is 0 Å². The number of rotatable bonds is 7. The van der Waals surface area contributed by atoms with Crippen LogP contribution in [0.15, 0.2) is 36.5 Å². The average Bonchev–Trinajstić information content (AvgIpc) is 2.61. The first-order valence-electron chi connectivity index (χ1n) is 7.51. The summed E-state index contributed by atoms with van der Waals surface area (Å²) in [5.74, 6) is 2.62. The van der Waals surface area contributed by atoms with Crippen molar-refractivity contribution in [2.45, 2.75) is 13.5 Å². The van der Waals surface area contributed by atoms with Crippen LogP contribution in [0.3, 0.4) is 0 Å². The molecule has 0 saturated heterocycles. The van der Waals surface area contributed by atoms with Crippen LogP contribution < -0.4 is 24.8 Å². The molecule has 0 unspecified atom stereocenters. The van der Waals surface area contributed by atoms with Crippen LogP contribution in [0.1, 0.15) is 12.5 Å². The van der Waals surface area contributed by atoms with Gasteiger partial charge in [-0.3, -0.25) is 0 Å². The zero-order valence-corrected chi connectivity index (χ0v) is 14.8. The van der Waals surface area contributed by atoms with Crippen molar-refractivity contribution in [1.29, 1.82) is 0 Å². The van der Waals surface area contributed by atoms with Gasteiger partial charge in [0, 0.05) is 12.7 Å². The van der Waals surface area contributed by atoms with Gasteiger partial charge >= 0.3 is 0 Å². The molecule has 2 rings (SSSR count). The van der Waals surface area contributed by atoms with Crippen molar-refractivity contribution in [2.75, 3.05) is 26.1 Å². The maximum absolute atomic E-state index is 5.57. The van der Waals surface area contributed by atoms with Gasteiger partial charge in [-0.15, -0.1) is 0 Å². The number of methoxy groups -OCH3 is 2. The Morgan fingerprint density at radius 3 is 2.62 bits per heavy atom. The number of nitrogens with one attached hydrogen (secondary N) is 2. The SMILES string of the molecule is CCOc1cc(CNC(=S)Nc2ncccc2OC)ccc1OC. The van der Waals surface area contributed by atoms with Gasteiger partial charge in [0.1, 0.15) is 0 Å². The zero-order valence-electron chi connectivity index (χ0n) is 14.0. The molecule has 128 valence electrons. The Bertz CT molecular complexity index is 695. The normalized spacial score (nSPS) is 9.96. The Balaban J connectivity index is 1.97. The molecule has 0 bridgehead atoms. The molecule has 2 aromatic rings. The molecule has 0 aliphatic rings. The van der Waals surface area contributed by atoms with Crippen LogP contribution in [0.4, 0.5) is 5.82 Å². The highest BCUT2D eigenvalue weighted by Crippen LogP contribution is 2.28. The van der Waals surface area contributed by atoms with Crippen LogP contribution in [-0.2, 0) is 6.54 Å². The van der Waals surface area contributed by atoms with Crippen molar-refractivity contribution >= 4 is 23.1 Å². The summed E-state index contributed by atoms with van der Waals surface area (Å²) < 4.78 is 16.1. The topological polar surface area (TPSA) is 64.6 Å². The molecule has 0 atom stereocenters. The lowest BCUT2D eigenvalue weighted by Gasteiger charge is -2.14. The average molecular weight is 347 g/mol. The lowest BCUT2D eigenvalue weighted by atomic mass is 10.2. The Morgan fingerprint density at radius 2 is 1.92 bits per heavy atom. The summed E-state index contributed by atoms with van der Waals surface area (Å²) in [7, 11) is 3.21. The van der Waals surface area contributed by atoms with Gasteiger partial charge < -0.3 is 24.8 Å². The summed E-state index contributed by atoms with van der Waals surface area (Å²) in [5, 5.41) is 6.62. The Labute approximate surface area is 147 Å². The Morgan fingerprint density at radius 1 is 1.12 bits per heavy atom. The third-order valence-electron chi connectivity index (χ3n) is 3.20. The van der Waals surface area contributed by atoms with E-state index < -0.39 is 0 Å². The highest BCUT2D eigenvalue weighted by molar-refractivity contribution is 7.80. The molecule has 0 aliphatic carbocycles. The maximum atomic E-state index is 5.57. The number of aromatic nitrogens is 1. The fraction of sp³-hybridized carbons (Fsp3) is 0.294. The monoisotopic (exact) mass is 347 g/mol. The Hall–Kier alpha value is -2.54. The second-order valence-corrected chi connectivity index (χ2v) is 5.19. The van der Waals surface area contributed by atoms with Crippen LogP contribution in [0.2, 0.25) is 0 Å². The van der Waals surface area contributed by atoms with Crippen LogP contribution in [0.5, 0.6) is 17.2 Å². The standard InChI is InChI=1S/C17H21N3O3S/c1-4-23-15-10-12(7-8-13(15)21-2)11-19-17(24)20-16-14(22-3)6-5-9-18-16/h5-10H,4,11H2,1-3H3,(H2,18,19,20,24). The molecular weight excluding hydrogens is 326 g/mol. The van der Waals surface area contributed by atoms with E-state index in [-0.39, 0.29) is 0 Å². The van der Waals surface area contributed by atoms with Crippen LogP contribution in [-0.4, -0.2) is 30.9 Å². The molecule has 2 N–H and O–H groups in total. The predicted octanol–water partition coefficient (Wildman–Crippen LogP) is 2.98. The van der Waals surface area contributed by atoms with Gasteiger partial charge in [-0.25, -0.2) is 4.98 Å². The van der Waals surface area contributed by atoms with Crippen molar-refractivity contribution in [2.24, 2.45) is 0 Å². The molecular formula is C17H21N3O3S. The molecule has 0 radical (unpaired) electrons. The summed E-state index contributed by atoms with van der Waals surface area (Å²) in [6.07, 6.45) is 1.67. The van der Waals surface area contributed by atoms with Crippen molar-refractivity contribution in [3.8, 4) is 17.2 Å². The second-order valence-electron chi connectivity index (χ2n) is 4.78. The third kappa shape index (κ3) is 4.73. The maximum Gasteiger partial charge on any atom is 0.174 e. The molecule has 1 aromatic heterocycles. The highest BCUT2D eigenvalue weighted by atomic mass is 32.1. The van der Waals surface area contributed by atoms with Gasteiger partial charge in [0.25, 0.3) is 0 Å². The van der Waals surface area contributed by atoms with Gasteiger partial charge in [0.15, 0.2) is 28.2 Å². The summed E-state index contributed by atoms with van der Waals surface area (Å²) in [6.45, 7) is 3.06. The highest BCUT2D eigenvalue weighted by Gasteiger charge is 2.07. The molecule has 0 fully saturated rings. The van der Waals surface area contributed by atoms with Gasteiger partial charge in [0.05, 0.1) is 20.8 Å². The second kappa shape index (κ2) is 8.93. The number of anilines is 1. The number of pyridine rings is 1. The largest absolute Gasteiger partial charge is 0.493 e. The number of hydrogen-bond acceptors (Lipinski definition) is 5. The van der Waals surface area contributed by atoms with E-state index in [1.807, 2.05) is 31.2 Å². The van der Waals surface area contributed by atoms with E-state index in [9.17, 15) is 0 Å². The molecule has 0 saturated carbocycles. The van der Waals surface area contributed by atoms with E-state index in [4.69, 9.17) is 26.4 Å². The van der Waals surface area contributed by atoms with E-state index in [1.165, 1.54) is 0 Å². The summed E-state index contributed by atoms with van der Waals surface area (Å²) in [5.41, 5.74) is 1.02. The number of benzene rings is 1. The first-order chi connectivity index (χ1) is 11.7. The number of thiocarbonyl (C=S) groups is 1. The fourth-order valence-corrected chi connectivity index (χ4v) is 2.25. The van der Waals surface area contributed by atoms with E-state index >= 15 is 0 Å². The first kappa shape index (κ1) is 17.8. The molecule has 24 heavy (non-hydrogen) atoms. The molecule has 0 spiro atoms. The number of hydrogen-bond donors (Lipinski definition) is 2. The fourth-order valence-electron chi connectivity index (χ4n) is 2.08. The summed E-state index contributed by atoms with van der Waals surface area (Å²) in [4.78, 5) is 4.21. The molecule has 0 amide bonds. The lowest BCUT2D eigenvalue weighted by molar-refractivity contribution is 0.310. The van der Waals surface area contributed by atoms with Crippen molar-refractivity contribution in [3.05, 3.63) is 42.1 Å². The summed E-state index contributed by atoms with van der Waals surface area (Å²) in [6, 6.07) is 9.38. The van der Waals surface area contributed by atoms with E-state index in [0.717, 1.165) is 5.56 Å². The zero-order chi connectivity index (χ0) is 17.4. The van der Waals surface area contributed by atoms with Crippen molar-refractivity contribution < 1.29 is 14.2 Å². The van der Waals surface area contributed by atoms with Crippen LogP contribution in [0.25, 0.3) is 0 Å². The molecule has 1 heterocycles. The quantitative estimate of drug-likeness (QED) is 0.747. The van der Waals surface area contributed by atoms with Gasteiger partial charge in [-0.05, 0) is 49.0 Å². The summed E-state index contributed by atoms with van der Waals surface area (Å²) >= 11 is 5.30. The lowest BCUT2D eigenvalue weighted by Crippen LogP contribution is -2.28. The van der Waals surface area contributed by atoms with Crippen LogP contribution >= 0.6 is 12.2 Å². The van der Waals surface area contributed by atoms with Gasteiger partial charge in [0.2, 0.25) is 0 Å². The van der Waals surface area contributed by atoms with E-state index in [0.29, 0.717) is 41.3 Å². The van der Waals surface area contributed by atoms with Gasteiger partial charge in [-0.1, -0.05) is 6.07 Å². The minimum Gasteiger partial charge on any atom is -0.493 e. The minimum atomic E-state index is 0.459. The van der Waals surface area contributed by atoms with E-state index in [1.54, 1.807) is 26.5 Å². The molecule has 6 nitrogen and oxygen atoms in total. The predicted molar refractivity (Wildman–Crippen MR) is 98.0 cm³/mol. The van der Waals surface area contributed by atoms with E-state index in [2.05, 4.69) is 15.6 Å². The third-order valence-corrected chi connectivity index (χ3v) is 3.45. The minimum absolute atomic E-state index is 0.459. The Kier molecular flexibility index (Phi) is 6.62. The first-order valence-corrected chi connectivity index (χ1v) is 7.92. The van der Waals surface area contributed by atoms with Gasteiger partial charge in [-0.2, -0.15) is 0 Å².